The molecule has 0 spiro atoms. The van der Waals surface area contributed by atoms with Gasteiger partial charge in [-0.2, -0.15) is 0 Å². The molecule has 1 atom stereocenters. The largest absolute Gasteiger partial charge is 0.376 e. The molecule has 3 heteroatoms. The van der Waals surface area contributed by atoms with E-state index in [1.165, 1.54) is 0 Å². The predicted octanol–water partition coefficient (Wildman–Crippen LogP) is 4.72. The monoisotopic (exact) mass is 353 g/mol. The molecule has 3 nitrogen and oxygen atoms in total. The topological polar surface area (TPSA) is 50.2 Å². The number of fused-ring (bicyclic) bond motifs is 1. The van der Waals surface area contributed by atoms with Gasteiger partial charge in [0.15, 0.2) is 5.78 Å². The van der Waals surface area contributed by atoms with Crippen molar-refractivity contribution >= 4 is 16.6 Å². The van der Waals surface area contributed by atoms with Crippen molar-refractivity contribution in [2.75, 3.05) is 0 Å². The molecule has 1 aromatic heterocycles. The average molecular weight is 353 g/mol. The van der Waals surface area contributed by atoms with E-state index >= 15 is 0 Å². The fraction of sp³-hybridized carbons (Fsp3) is 0.0833. The summed E-state index contributed by atoms with van der Waals surface area (Å²) in [5.41, 5.74) is 1.60. The van der Waals surface area contributed by atoms with Crippen LogP contribution in [0.4, 0.5) is 0 Å². The quantitative estimate of drug-likeness (QED) is 0.540. The number of benzene rings is 3. The Balaban J connectivity index is 1.93. The normalized spacial score (nSPS) is 13.3. The maximum absolute atomic E-state index is 11.8. The Morgan fingerprint density at radius 2 is 1.52 bits per heavy atom. The fourth-order valence-corrected chi connectivity index (χ4v) is 3.45. The highest BCUT2D eigenvalue weighted by molar-refractivity contribution is 5.98. The van der Waals surface area contributed by atoms with Crippen LogP contribution in [0.25, 0.3) is 10.8 Å². The van der Waals surface area contributed by atoms with Gasteiger partial charge in [0, 0.05) is 23.5 Å². The van der Waals surface area contributed by atoms with E-state index in [-0.39, 0.29) is 5.78 Å². The van der Waals surface area contributed by atoms with Crippen molar-refractivity contribution in [3.63, 3.8) is 0 Å². The van der Waals surface area contributed by atoms with Crippen LogP contribution >= 0.6 is 0 Å². The Morgan fingerprint density at radius 3 is 2.22 bits per heavy atom. The zero-order valence-corrected chi connectivity index (χ0v) is 15.0. The number of rotatable bonds is 4. The Hall–Kier alpha value is -3.30. The van der Waals surface area contributed by atoms with Crippen LogP contribution in [-0.4, -0.2) is 15.9 Å². The lowest BCUT2D eigenvalue weighted by atomic mass is 9.80. The van der Waals surface area contributed by atoms with Gasteiger partial charge in [-0.25, -0.2) is 0 Å². The first kappa shape index (κ1) is 17.1. The number of nitrogens with zero attached hydrogens (tertiary/aromatic N) is 1. The molecule has 27 heavy (non-hydrogen) atoms. The lowest BCUT2D eigenvalue weighted by molar-refractivity contribution is 0.101. The summed E-state index contributed by atoms with van der Waals surface area (Å²) in [7, 11) is 0. The van der Waals surface area contributed by atoms with Gasteiger partial charge in [-0.3, -0.25) is 9.78 Å². The van der Waals surface area contributed by atoms with E-state index in [4.69, 9.17) is 0 Å². The van der Waals surface area contributed by atoms with Gasteiger partial charge in [0.2, 0.25) is 0 Å². The van der Waals surface area contributed by atoms with Gasteiger partial charge in [-0.15, -0.1) is 0 Å². The molecular formula is C24H19NO2. The Bertz CT molecular complexity index is 1070. The minimum atomic E-state index is -1.32. The molecule has 1 N–H and O–H groups in total. The van der Waals surface area contributed by atoms with Gasteiger partial charge in [0.05, 0.1) is 0 Å². The second-order valence-corrected chi connectivity index (χ2v) is 6.65. The van der Waals surface area contributed by atoms with Gasteiger partial charge in [0.25, 0.3) is 0 Å². The second kappa shape index (κ2) is 6.78. The van der Waals surface area contributed by atoms with Crippen molar-refractivity contribution in [1.29, 1.82) is 0 Å². The van der Waals surface area contributed by atoms with Crippen LogP contribution in [0.3, 0.4) is 0 Å². The molecule has 4 rings (SSSR count). The Kier molecular flexibility index (Phi) is 4.30. The highest BCUT2D eigenvalue weighted by Gasteiger charge is 2.34. The number of ketones is 1. The summed E-state index contributed by atoms with van der Waals surface area (Å²) in [4.78, 5) is 15.8. The molecule has 0 amide bonds. The summed E-state index contributed by atoms with van der Waals surface area (Å²) in [6.45, 7) is 1.56. The number of carbonyl (C=O) groups is 1. The van der Waals surface area contributed by atoms with Gasteiger partial charge in [0.1, 0.15) is 5.60 Å². The molecule has 1 unspecified atom stereocenters. The summed E-state index contributed by atoms with van der Waals surface area (Å²) >= 11 is 0. The number of carbonyl (C=O) groups excluding carboxylic acids is 1. The first-order valence-corrected chi connectivity index (χ1v) is 8.82. The molecule has 0 bridgehead atoms. The maximum atomic E-state index is 11.8. The number of Topliss-reactive ketones (excluding diaryl/α,β-unsaturated/α-hetero) is 1. The van der Waals surface area contributed by atoms with Crippen molar-refractivity contribution in [3.05, 3.63) is 114 Å². The summed E-state index contributed by atoms with van der Waals surface area (Å²) in [6, 6.07) is 24.7. The van der Waals surface area contributed by atoms with Crippen LogP contribution in [0.2, 0.25) is 0 Å². The molecule has 1 heterocycles. The number of hydrogen-bond acceptors (Lipinski definition) is 3. The van der Waals surface area contributed by atoms with Crippen molar-refractivity contribution < 1.29 is 9.90 Å². The molecule has 0 saturated carbocycles. The van der Waals surface area contributed by atoms with Gasteiger partial charge >= 0.3 is 0 Å². The molecule has 0 fully saturated rings. The van der Waals surface area contributed by atoms with E-state index < -0.39 is 5.60 Å². The second-order valence-electron chi connectivity index (χ2n) is 6.65. The number of aliphatic hydroxyl groups is 1. The highest BCUT2D eigenvalue weighted by Crippen LogP contribution is 2.37. The summed E-state index contributed by atoms with van der Waals surface area (Å²) in [5, 5.41) is 13.8. The van der Waals surface area contributed by atoms with E-state index in [1.807, 2.05) is 78.9 Å². The molecule has 3 aromatic carbocycles. The number of pyridine rings is 1. The third-order valence-electron chi connectivity index (χ3n) is 4.94. The van der Waals surface area contributed by atoms with E-state index in [1.54, 1.807) is 19.3 Å². The molecule has 0 radical (unpaired) electrons. The van der Waals surface area contributed by atoms with Gasteiger partial charge in [-0.1, -0.05) is 60.7 Å². The molecule has 0 aliphatic heterocycles. The lowest BCUT2D eigenvalue weighted by Crippen LogP contribution is -2.29. The molecular weight excluding hydrogens is 334 g/mol. The highest BCUT2D eigenvalue weighted by atomic mass is 16.3. The van der Waals surface area contributed by atoms with Crippen LogP contribution in [0.15, 0.2) is 91.3 Å². The maximum Gasteiger partial charge on any atom is 0.159 e. The smallest absolute Gasteiger partial charge is 0.159 e. The van der Waals surface area contributed by atoms with E-state index in [0.717, 1.165) is 21.9 Å². The zero-order chi connectivity index (χ0) is 18.9. The summed E-state index contributed by atoms with van der Waals surface area (Å²) in [6.07, 6.45) is 3.38. The lowest BCUT2D eigenvalue weighted by Gasteiger charge is -2.30. The number of aromatic nitrogens is 1. The molecule has 132 valence electrons. The van der Waals surface area contributed by atoms with Gasteiger partial charge in [-0.05, 0) is 47.0 Å². The van der Waals surface area contributed by atoms with Crippen LogP contribution in [-0.2, 0) is 5.60 Å². The van der Waals surface area contributed by atoms with Crippen molar-refractivity contribution in [2.45, 2.75) is 12.5 Å². The van der Waals surface area contributed by atoms with E-state index in [2.05, 4.69) is 4.98 Å². The van der Waals surface area contributed by atoms with Crippen LogP contribution in [0, 0.1) is 0 Å². The van der Waals surface area contributed by atoms with E-state index in [9.17, 15) is 9.90 Å². The Morgan fingerprint density at radius 1 is 0.815 bits per heavy atom. The van der Waals surface area contributed by atoms with Crippen molar-refractivity contribution in [1.82, 2.24) is 4.98 Å². The number of hydrogen-bond donors (Lipinski definition) is 1. The third-order valence-corrected chi connectivity index (χ3v) is 4.94. The SMILES string of the molecule is CC(=O)c1ccc2cc(C(O)(c3ccccc3)c3cccnc3)ccc2c1. The first-order chi connectivity index (χ1) is 13.1. The van der Waals surface area contributed by atoms with Crippen LogP contribution in [0.5, 0.6) is 0 Å². The molecule has 0 aliphatic carbocycles. The zero-order valence-electron chi connectivity index (χ0n) is 15.0. The molecule has 4 aromatic rings. The Labute approximate surface area is 157 Å². The van der Waals surface area contributed by atoms with Crippen LogP contribution in [0.1, 0.15) is 34.0 Å². The van der Waals surface area contributed by atoms with E-state index in [0.29, 0.717) is 11.1 Å². The molecule has 0 saturated heterocycles. The average Bonchev–Trinajstić information content (AvgIpc) is 2.73. The fourth-order valence-electron chi connectivity index (χ4n) is 3.45. The van der Waals surface area contributed by atoms with Crippen LogP contribution < -0.4 is 0 Å². The van der Waals surface area contributed by atoms with Crippen molar-refractivity contribution in [3.8, 4) is 0 Å². The van der Waals surface area contributed by atoms with Gasteiger partial charge < -0.3 is 5.11 Å². The standard InChI is InChI=1S/C24H19NO2/c1-17(26)18-9-10-20-15-22(12-11-19(20)14-18)24(27,21-6-3-2-4-7-21)23-8-5-13-25-16-23/h2-16,27H,1H3. The minimum Gasteiger partial charge on any atom is -0.376 e. The first-order valence-electron chi connectivity index (χ1n) is 8.82. The summed E-state index contributed by atoms with van der Waals surface area (Å²) in [5.74, 6) is 0.0390. The predicted molar refractivity (Wildman–Crippen MR) is 107 cm³/mol. The molecule has 0 aliphatic rings. The van der Waals surface area contributed by atoms with Crippen molar-refractivity contribution in [2.24, 2.45) is 0 Å². The minimum absolute atomic E-state index is 0.0390. The third kappa shape index (κ3) is 3.03. The summed E-state index contributed by atoms with van der Waals surface area (Å²) < 4.78 is 0.